The molecule has 0 aliphatic heterocycles. The van der Waals surface area contributed by atoms with Gasteiger partial charge in [-0.05, 0) is 85.7 Å². The third kappa shape index (κ3) is 5.57. The van der Waals surface area contributed by atoms with Gasteiger partial charge in [0.1, 0.15) is 11.4 Å². The van der Waals surface area contributed by atoms with Crippen LogP contribution in [0.25, 0.3) is 0 Å². The predicted octanol–water partition coefficient (Wildman–Crippen LogP) is 4.25. The number of ketones is 3. The van der Waals surface area contributed by atoms with Crippen molar-refractivity contribution >= 4 is 41.1 Å². The number of hydrogen-bond donors (Lipinski definition) is 1. The number of allylic oxidation sites excluding steroid dienone is 1. The smallest absolute Gasteiger partial charge is 0.305 e. The minimum Gasteiger partial charge on any atom is -0.469 e. The number of fused-ring (bicyclic) bond motifs is 5. The molecule has 1 N–H and O–H groups in total. The Morgan fingerprint density at radius 2 is 1.85 bits per heavy atom. The fourth-order valence-electron chi connectivity index (χ4n) is 8.59. The number of methoxy groups -OCH3 is 1. The van der Waals surface area contributed by atoms with Crippen LogP contribution in [0.2, 0.25) is 0 Å². The van der Waals surface area contributed by atoms with E-state index in [1.165, 1.54) is 14.0 Å². The van der Waals surface area contributed by atoms with Gasteiger partial charge in [-0.15, -0.1) is 0 Å². The van der Waals surface area contributed by atoms with Crippen LogP contribution in [0.5, 0.6) is 0 Å². The second-order valence-corrected chi connectivity index (χ2v) is 14.0. The first-order valence-corrected chi connectivity index (χ1v) is 15.8. The molecule has 0 aromatic rings. The van der Waals surface area contributed by atoms with Crippen molar-refractivity contribution < 1.29 is 38.6 Å². The second kappa shape index (κ2) is 12.1. The third-order valence-corrected chi connectivity index (χ3v) is 11.7. The van der Waals surface area contributed by atoms with Gasteiger partial charge in [-0.2, -0.15) is 11.8 Å². The SMILES string of the molecule is COC(=O)CCCSCCCC1CC2C(C(=O)C[C@@]3(C)C2CC[C@]3(O)C(=O)COC(C)=O)[C@@]2(C)CCC(=O)C=C12. The van der Waals surface area contributed by atoms with E-state index in [9.17, 15) is 29.1 Å². The van der Waals surface area contributed by atoms with Crippen LogP contribution in [0.4, 0.5) is 0 Å². The Morgan fingerprint density at radius 1 is 1.12 bits per heavy atom. The van der Waals surface area contributed by atoms with E-state index in [4.69, 9.17) is 9.47 Å². The molecule has 4 unspecified atom stereocenters. The molecule has 8 nitrogen and oxygen atoms in total. The maximum Gasteiger partial charge on any atom is 0.305 e. The molecule has 3 fully saturated rings. The average molecular weight is 577 g/mol. The molecule has 4 aliphatic carbocycles. The zero-order valence-electron chi connectivity index (χ0n) is 24.3. The Balaban J connectivity index is 1.52. The largest absolute Gasteiger partial charge is 0.469 e. The number of rotatable bonds is 11. The van der Waals surface area contributed by atoms with Crippen molar-refractivity contribution in [2.45, 2.75) is 90.6 Å². The van der Waals surface area contributed by atoms with Crippen molar-refractivity contribution in [3.8, 4) is 0 Å². The van der Waals surface area contributed by atoms with Crippen LogP contribution in [0.1, 0.15) is 85.0 Å². The van der Waals surface area contributed by atoms with Gasteiger partial charge in [0.2, 0.25) is 5.78 Å². The van der Waals surface area contributed by atoms with E-state index in [-0.39, 0.29) is 54.0 Å². The van der Waals surface area contributed by atoms with Crippen LogP contribution in [-0.4, -0.2) is 65.2 Å². The van der Waals surface area contributed by atoms with Gasteiger partial charge in [0.05, 0.1) is 7.11 Å². The zero-order chi connectivity index (χ0) is 29.3. The molecule has 0 spiro atoms. The van der Waals surface area contributed by atoms with Crippen molar-refractivity contribution in [3.05, 3.63) is 11.6 Å². The number of thioether (sulfide) groups is 1. The maximum atomic E-state index is 14.0. The van der Waals surface area contributed by atoms with Crippen molar-refractivity contribution in [2.24, 2.45) is 34.5 Å². The van der Waals surface area contributed by atoms with E-state index >= 15 is 0 Å². The molecule has 0 bridgehead atoms. The summed E-state index contributed by atoms with van der Waals surface area (Å²) in [4.78, 5) is 62.4. The predicted molar refractivity (Wildman–Crippen MR) is 150 cm³/mol. The summed E-state index contributed by atoms with van der Waals surface area (Å²) in [7, 11) is 1.40. The molecular weight excluding hydrogens is 532 g/mol. The highest BCUT2D eigenvalue weighted by molar-refractivity contribution is 7.99. The van der Waals surface area contributed by atoms with Gasteiger partial charge in [-0.3, -0.25) is 24.0 Å². The summed E-state index contributed by atoms with van der Waals surface area (Å²) < 4.78 is 9.65. The van der Waals surface area contributed by atoms with Gasteiger partial charge in [-0.1, -0.05) is 19.4 Å². The van der Waals surface area contributed by atoms with Crippen molar-refractivity contribution in [1.82, 2.24) is 0 Å². The van der Waals surface area contributed by atoms with E-state index in [1.807, 2.05) is 24.8 Å². The molecule has 0 radical (unpaired) electrons. The van der Waals surface area contributed by atoms with E-state index in [2.05, 4.69) is 6.92 Å². The van der Waals surface area contributed by atoms with Crippen LogP contribution in [-0.2, 0) is 33.4 Å². The van der Waals surface area contributed by atoms with Crippen molar-refractivity contribution in [1.29, 1.82) is 0 Å². The first-order chi connectivity index (χ1) is 18.9. The molecule has 222 valence electrons. The van der Waals surface area contributed by atoms with Crippen LogP contribution in [0.3, 0.4) is 0 Å². The summed E-state index contributed by atoms with van der Waals surface area (Å²) in [5.74, 6) is 0.726. The Bertz CT molecular complexity index is 1080. The van der Waals surface area contributed by atoms with E-state index < -0.39 is 34.8 Å². The lowest BCUT2D eigenvalue weighted by Crippen LogP contribution is -2.61. The van der Waals surface area contributed by atoms with Crippen LogP contribution >= 0.6 is 11.8 Å². The molecule has 0 saturated heterocycles. The maximum absolute atomic E-state index is 14.0. The summed E-state index contributed by atoms with van der Waals surface area (Å²) in [5, 5.41) is 11.7. The van der Waals surface area contributed by atoms with Gasteiger partial charge < -0.3 is 14.6 Å². The molecule has 3 saturated carbocycles. The van der Waals surface area contributed by atoms with Gasteiger partial charge >= 0.3 is 11.9 Å². The fraction of sp³-hybridized carbons (Fsp3) is 0.774. The van der Waals surface area contributed by atoms with Crippen LogP contribution < -0.4 is 0 Å². The fourth-order valence-corrected chi connectivity index (χ4v) is 9.52. The van der Waals surface area contributed by atoms with Crippen molar-refractivity contribution in [2.75, 3.05) is 25.2 Å². The highest BCUT2D eigenvalue weighted by Crippen LogP contribution is 2.67. The minimum atomic E-state index is -1.70. The first kappa shape index (κ1) is 30.9. The third-order valence-electron chi connectivity index (χ3n) is 10.6. The number of aliphatic hydroxyl groups is 1. The molecule has 0 heterocycles. The molecular formula is C31H44O8S. The topological polar surface area (TPSA) is 124 Å². The number of Topliss-reactive ketones (excluding diaryl/α,β-unsaturated/α-hetero) is 2. The summed E-state index contributed by atoms with van der Waals surface area (Å²) >= 11 is 1.82. The molecule has 4 aliphatic rings. The van der Waals surface area contributed by atoms with Gasteiger partial charge in [0.15, 0.2) is 12.4 Å². The van der Waals surface area contributed by atoms with E-state index in [0.29, 0.717) is 25.7 Å². The molecule has 4 rings (SSSR count). The van der Waals surface area contributed by atoms with Gasteiger partial charge in [0.25, 0.3) is 0 Å². The summed E-state index contributed by atoms with van der Waals surface area (Å²) in [6, 6.07) is 0. The standard InChI is InChI=1S/C31H44O8S/c1-19(32)39-18-26(35)31(37)12-10-23-22-15-20(7-5-13-40-14-6-8-27(36)38-4)24-16-21(33)9-11-29(24,2)28(22)25(34)17-30(23,31)3/h16,20,22-23,28,37H,5-15,17-18H2,1-4H3/t20?,22?,23?,28?,29-,30-,31-/m0/s1. The lowest BCUT2D eigenvalue weighted by atomic mass is 9.44. The van der Waals surface area contributed by atoms with E-state index in [1.54, 1.807) is 0 Å². The number of ether oxygens (including phenoxy) is 2. The Labute approximate surface area is 241 Å². The molecule has 7 atom stereocenters. The van der Waals surface area contributed by atoms with Crippen LogP contribution in [0, 0.1) is 34.5 Å². The number of carbonyl (C=O) groups is 5. The minimum absolute atomic E-state index is 0.00678. The quantitative estimate of drug-likeness (QED) is 0.284. The second-order valence-electron chi connectivity index (χ2n) is 12.8. The van der Waals surface area contributed by atoms with Crippen molar-refractivity contribution in [3.63, 3.8) is 0 Å². The summed E-state index contributed by atoms with van der Waals surface area (Å²) in [5.41, 5.74) is -1.89. The van der Waals surface area contributed by atoms with E-state index in [0.717, 1.165) is 42.8 Å². The average Bonchev–Trinajstić information content (AvgIpc) is 3.17. The zero-order valence-corrected chi connectivity index (χ0v) is 25.1. The Kier molecular flexibility index (Phi) is 9.35. The Hall–Kier alpha value is -2.00. The number of hydrogen-bond acceptors (Lipinski definition) is 9. The number of esters is 2. The van der Waals surface area contributed by atoms with Gasteiger partial charge in [0, 0.05) is 37.5 Å². The Morgan fingerprint density at radius 3 is 2.55 bits per heavy atom. The van der Waals surface area contributed by atoms with Gasteiger partial charge in [-0.25, -0.2) is 0 Å². The highest BCUT2D eigenvalue weighted by atomic mass is 32.2. The first-order valence-electron chi connectivity index (χ1n) is 14.7. The summed E-state index contributed by atoms with van der Waals surface area (Å²) in [6.45, 7) is 4.78. The molecule has 0 aromatic carbocycles. The molecule has 40 heavy (non-hydrogen) atoms. The number of carbonyl (C=O) groups excluding carboxylic acids is 5. The summed E-state index contributed by atoms with van der Waals surface area (Å²) in [6.07, 6.45) is 7.78. The van der Waals surface area contributed by atoms with Crippen LogP contribution in [0.15, 0.2) is 11.6 Å². The molecule has 9 heteroatoms. The molecule has 0 aromatic heterocycles. The lowest BCUT2D eigenvalue weighted by molar-refractivity contribution is -0.174. The highest BCUT2D eigenvalue weighted by Gasteiger charge is 2.69. The normalized spacial score (nSPS) is 36.7. The lowest BCUT2D eigenvalue weighted by Gasteiger charge is -2.59. The molecule has 0 amide bonds. The monoisotopic (exact) mass is 576 g/mol.